The Kier molecular flexibility index (Phi) is 28.0. The van der Waals surface area contributed by atoms with Crippen molar-refractivity contribution in [2.45, 2.75) is 205 Å². The van der Waals surface area contributed by atoms with Crippen LogP contribution in [0.25, 0.3) is 30.6 Å². The molecule has 0 fully saturated rings. The average molecular weight is 1610 g/mol. The molecule has 3 aliphatic rings. The molecule has 0 aliphatic heterocycles. The lowest BCUT2D eigenvalue weighted by Crippen LogP contribution is -2.40. The zero-order chi connectivity index (χ0) is 82.8. The van der Waals surface area contributed by atoms with E-state index in [1.807, 2.05) is 48.5 Å². The molecule has 6 aromatic heterocycles. The van der Waals surface area contributed by atoms with Crippen LogP contribution in [0.4, 0.5) is 36.2 Å². The number of hydrogen-bond donors (Lipinski definition) is 9. The highest BCUT2D eigenvalue weighted by molar-refractivity contribution is 7.21. The number of carbonyl (C=O) groups excluding carboxylic acids is 7. The molecule has 11 N–H and O–H groups in total. The van der Waals surface area contributed by atoms with E-state index in [9.17, 15) is 33.6 Å². The molecule has 0 saturated carbocycles. The summed E-state index contributed by atoms with van der Waals surface area (Å²) in [7, 11) is 0. The molecule has 0 bridgehead atoms. The van der Waals surface area contributed by atoms with Crippen LogP contribution >= 0.6 is 34.0 Å². The van der Waals surface area contributed by atoms with Gasteiger partial charge in [0.2, 0.25) is 0 Å². The van der Waals surface area contributed by atoms with Gasteiger partial charge in [-0.15, -0.1) is 34.0 Å². The normalized spacial score (nSPS) is 16.3. The Morgan fingerprint density at radius 2 is 0.763 bits per heavy atom. The van der Waals surface area contributed by atoms with Crippen LogP contribution in [0.2, 0.25) is 0 Å². The molecule has 3 aliphatic carbocycles. The highest BCUT2D eigenvalue weighted by Gasteiger charge is 2.34. The molecule has 610 valence electrons. The molecule has 26 heteroatoms. The Morgan fingerprint density at radius 3 is 1.08 bits per heavy atom. The van der Waals surface area contributed by atoms with E-state index < -0.39 is 53.7 Å². The lowest BCUT2D eigenvalue weighted by Gasteiger charge is -2.34. The molecular weight excluding hydrogens is 1500 g/mol. The van der Waals surface area contributed by atoms with Gasteiger partial charge >= 0.3 is 24.4 Å². The Bertz CT molecular complexity index is 4960. The lowest BCUT2D eigenvalue weighted by molar-refractivity contribution is 0.0510. The summed E-state index contributed by atoms with van der Waals surface area (Å²) < 4.78 is 20.7. The van der Waals surface area contributed by atoms with Crippen molar-refractivity contribution in [2.24, 2.45) is 39.7 Å². The minimum Gasteiger partial charge on any atom is -0.450 e. The fourth-order valence-corrected chi connectivity index (χ4v) is 17.2. The molecule has 3 unspecified atom stereocenters. The number of aryl methyl sites for hydroxylation is 3. The predicted molar refractivity (Wildman–Crippen MR) is 457 cm³/mol. The number of nitrogens with zero attached hydrogens (tertiary/aromatic N) is 3. The topological polar surface area (TPSA) is 331 Å². The van der Waals surface area contributed by atoms with Gasteiger partial charge in [-0.05, 0) is 253 Å². The van der Waals surface area contributed by atoms with Crippen LogP contribution in [0.3, 0.4) is 0 Å². The Morgan fingerprint density at radius 1 is 0.439 bits per heavy atom. The van der Waals surface area contributed by atoms with Crippen molar-refractivity contribution < 1.29 is 52.5 Å². The van der Waals surface area contributed by atoms with Gasteiger partial charge in [0, 0.05) is 69.9 Å². The summed E-state index contributed by atoms with van der Waals surface area (Å²) in [4.78, 5) is 108. The summed E-state index contributed by atoms with van der Waals surface area (Å²) in [5.41, 5.74) is 22.8. The molecule has 0 saturated heterocycles. The average Bonchev–Trinajstić information content (AvgIpc) is 1.58. The SMILES string of the molecule is CC(C)(C)OC(=O)NC[C@@H](NC(=O)c1cc2cc3c(nc2s1)CCC(C(C)(C)C)C3)c1cccc(N)c1.CCOC(=O)Nc1cccc([C@@H](CN)NC(=O)c2cc3cc4c(nc3s2)CCC(C(C)(C)C)C4)c1.CCOC(=O)Nc1cccc([C@@H](CNC(=O)OC(C)(C)C)NC(=O)c2cc3cc4c(nc3s2)CCC(C(C)(C)C)C4)c1. The molecule has 0 spiro atoms. The maximum absolute atomic E-state index is 13.6. The van der Waals surface area contributed by atoms with Crippen molar-refractivity contribution in [1.82, 2.24) is 41.5 Å². The number of carbonyl (C=O) groups is 7. The van der Waals surface area contributed by atoms with Gasteiger partial charge in [0.15, 0.2) is 0 Å². The molecule has 114 heavy (non-hydrogen) atoms. The standard InChI is InChI=1S/C32H42N4O5S.C29H38N4O3S.C27H34N4O3S/c1-8-40-30(39)34-23-11-9-10-19(16-23)25(18-33-29(38)41-32(5,6)7)35-27(37)26-17-21-14-20-15-22(31(2,3)4)12-13-24(20)36-28(21)42-26;1-28(2,3)20-10-11-22-18(13-20)12-19-15-24(37-26(19)33-22)25(34)32-23(17-8-7-9-21(30)14-17)16-31-27(35)36-29(4,5)6;1-5-34-26(33)29-20-8-6-7-16(13-20)22(15-28)30-24(32)23-14-18-11-17-12-19(27(2,3)4)9-10-21(17)31-25(18)35-23/h9-11,14,16-17,22,25H,8,12-13,15,18H2,1-7H3,(H,33,38)(H,34,39)(H,35,37);7-9,12,14-15,20,23H,10-11,13,16,30H2,1-6H3,(H,31,35)(H,32,34);6-8,11,13-14,19,22H,5,9-10,12,15,28H2,1-4H3,(H,29,33)(H,30,32)/t22?,25-;20?,23-;19?,22-/m111/s1. The number of fused-ring (bicyclic) bond motifs is 6. The first-order valence-corrected chi connectivity index (χ1v) is 41.9. The first-order valence-electron chi connectivity index (χ1n) is 39.4. The van der Waals surface area contributed by atoms with Gasteiger partial charge in [-0.3, -0.25) is 25.0 Å². The summed E-state index contributed by atoms with van der Waals surface area (Å²) in [6.45, 7) is 35.9. The van der Waals surface area contributed by atoms with Gasteiger partial charge in [0.1, 0.15) is 25.7 Å². The summed E-state index contributed by atoms with van der Waals surface area (Å²) in [6, 6.07) is 32.5. The third-order valence-corrected chi connectivity index (χ3v) is 23.9. The molecular formula is C88H114N12O11S3. The fraction of sp³-hybridized carbons (Fsp3) is 0.477. The zero-order valence-corrected chi connectivity index (χ0v) is 71.4. The number of alkyl carbamates (subject to hydrolysis) is 2. The van der Waals surface area contributed by atoms with Crippen LogP contribution in [-0.2, 0) is 57.5 Å². The highest BCUT2D eigenvalue weighted by atomic mass is 32.1. The fourth-order valence-electron chi connectivity index (χ4n) is 14.4. The molecule has 6 atom stereocenters. The van der Waals surface area contributed by atoms with Crippen molar-refractivity contribution in [1.29, 1.82) is 0 Å². The number of nitrogens with one attached hydrogen (secondary N) is 7. The summed E-state index contributed by atoms with van der Waals surface area (Å²) in [6.07, 6.45) is 7.13. The third-order valence-electron chi connectivity index (χ3n) is 20.7. The van der Waals surface area contributed by atoms with E-state index in [0.29, 0.717) is 55.0 Å². The number of amides is 7. The molecule has 3 aromatic carbocycles. The van der Waals surface area contributed by atoms with E-state index in [2.05, 4.69) is 118 Å². The second-order valence-electron chi connectivity index (χ2n) is 34.9. The van der Waals surface area contributed by atoms with E-state index in [1.54, 1.807) is 97.9 Å². The number of anilines is 3. The zero-order valence-electron chi connectivity index (χ0n) is 69.0. The van der Waals surface area contributed by atoms with Crippen LogP contribution in [-0.4, -0.2) is 101 Å². The monoisotopic (exact) mass is 1610 g/mol. The summed E-state index contributed by atoms with van der Waals surface area (Å²) >= 11 is 4.17. The first-order chi connectivity index (χ1) is 53.7. The van der Waals surface area contributed by atoms with Crippen LogP contribution in [0.15, 0.2) is 109 Å². The van der Waals surface area contributed by atoms with Gasteiger partial charge in [-0.2, -0.15) is 0 Å². The van der Waals surface area contributed by atoms with Crippen molar-refractivity contribution in [3.63, 3.8) is 0 Å². The van der Waals surface area contributed by atoms with E-state index in [-0.39, 0.29) is 66.8 Å². The second-order valence-corrected chi connectivity index (χ2v) is 38.0. The highest BCUT2D eigenvalue weighted by Crippen LogP contribution is 2.43. The molecule has 0 radical (unpaired) electrons. The van der Waals surface area contributed by atoms with Gasteiger partial charge < -0.3 is 57.0 Å². The number of ether oxygens (including phenoxy) is 4. The van der Waals surface area contributed by atoms with Gasteiger partial charge in [0.25, 0.3) is 17.7 Å². The maximum Gasteiger partial charge on any atom is 0.411 e. The Balaban J connectivity index is 0.000000182. The second kappa shape index (κ2) is 36.8. The number of benzene rings is 3. The largest absolute Gasteiger partial charge is 0.450 e. The molecule has 12 rings (SSSR count). The number of rotatable bonds is 18. The number of pyridine rings is 3. The number of nitrogen functional groups attached to an aromatic ring is 1. The van der Waals surface area contributed by atoms with Crippen LogP contribution < -0.4 is 48.7 Å². The van der Waals surface area contributed by atoms with Gasteiger partial charge in [0.05, 0.1) is 46.0 Å². The smallest absolute Gasteiger partial charge is 0.411 e. The number of hydrogen-bond acceptors (Lipinski definition) is 19. The maximum atomic E-state index is 13.6. The van der Waals surface area contributed by atoms with E-state index >= 15 is 0 Å². The summed E-state index contributed by atoms with van der Waals surface area (Å²) in [5, 5.41) is 23.0. The van der Waals surface area contributed by atoms with E-state index in [4.69, 9.17) is 45.4 Å². The number of nitrogens with two attached hydrogens (primary N) is 2. The van der Waals surface area contributed by atoms with Gasteiger partial charge in [-0.1, -0.05) is 98.7 Å². The van der Waals surface area contributed by atoms with Gasteiger partial charge in [-0.25, -0.2) is 34.1 Å². The minimum absolute atomic E-state index is 0.0785. The number of aromatic nitrogens is 3. The molecule has 6 heterocycles. The first kappa shape index (κ1) is 86.6. The van der Waals surface area contributed by atoms with Crippen molar-refractivity contribution in [3.8, 4) is 0 Å². The predicted octanol–water partition coefficient (Wildman–Crippen LogP) is 18.5. The third kappa shape index (κ3) is 23.9. The van der Waals surface area contributed by atoms with Crippen LogP contribution in [0, 0.1) is 34.0 Å². The van der Waals surface area contributed by atoms with Crippen molar-refractivity contribution >= 4 is 124 Å². The van der Waals surface area contributed by atoms with Crippen molar-refractivity contribution in [2.75, 3.05) is 49.2 Å². The molecule has 23 nitrogen and oxygen atoms in total. The van der Waals surface area contributed by atoms with Crippen LogP contribution in [0.1, 0.15) is 235 Å². The molecule has 7 amide bonds. The van der Waals surface area contributed by atoms with E-state index in [0.717, 1.165) is 117 Å². The number of thiophene rings is 3. The summed E-state index contributed by atoms with van der Waals surface area (Å²) in [5.74, 6) is 1.18. The van der Waals surface area contributed by atoms with E-state index in [1.165, 1.54) is 50.7 Å². The Labute approximate surface area is 681 Å². The molecule has 9 aromatic rings. The quantitative estimate of drug-likeness (QED) is 0.0285. The van der Waals surface area contributed by atoms with Crippen molar-refractivity contribution in [3.05, 3.63) is 174 Å². The lowest BCUT2D eigenvalue weighted by atomic mass is 9.71. The minimum atomic E-state index is -0.664. The van der Waals surface area contributed by atoms with Crippen LogP contribution in [0.5, 0.6) is 0 Å². The Hall–Kier alpha value is -9.76.